The molecule has 3 nitrogen and oxygen atoms in total. The van der Waals surface area contributed by atoms with Crippen LogP contribution in [-0.2, 0) is 19.9 Å². The Morgan fingerprint density at radius 2 is 2.16 bits per heavy atom. The van der Waals surface area contributed by atoms with Crippen LogP contribution in [0.1, 0.15) is 50.9 Å². The summed E-state index contributed by atoms with van der Waals surface area (Å²) >= 11 is 3.74. The molecule has 1 N–H and O–H groups in total. The number of rotatable bonds is 6. The van der Waals surface area contributed by atoms with Crippen LogP contribution in [0.5, 0.6) is 0 Å². The van der Waals surface area contributed by atoms with Crippen molar-refractivity contribution in [3.8, 4) is 0 Å². The van der Waals surface area contributed by atoms with Crippen molar-refractivity contribution in [2.45, 2.75) is 58.4 Å². The maximum atomic E-state index is 4.61. The molecule has 0 bridgehead atoms. The third-order valence-corrected chi connectivity index (χ3v) is 5.19. The zero-order valence-electron chi connectivity index (χ0n) is 12.4. The second-order valence-corrected chi connectivity index (χ2v) is 6.43. The average molecular weight is 328 g/mol. The lowest BCUT2D eigenvalue weighted by Gasteiger charge is -2.21. The SMILES string of the molecule is CCCNC1CCCC1Cc1c(Br)c(CC)nn1C. The van der Waals surface area contributed by atoms with E-state index in [0.717, 1.165) is 25.3 Å². The number of aromatic nitrogens is 2. The summed E-state index contributed by atoms with van der Waals surface area (Å²) in [7, 11) is 2.07. The lowest BCUT2D eigenvalue weighted by Crippen LogP contribution is -2.34. The molecule has 0 aliphatic heterocycles. The standard InChI is InChI=1S/C15H26BrN3/c1-4-9-17-13-8-6-7-11(13)10-14-15(16)12(5-2)18-19(14)3/h11,13,17H,4-10H2,1-3H3. The largest absolute Gasteiger partial charge is 0.314 e. The first-order valence-corrected chi connectivity index (χ1v) is 8.40. The van der Waals surface area contributed by atoms with E-state index in [0.29, 0.717) is 6.04 Å². The van der Waals surface area contributed by atoms with E-state index in [4.69, 9.17) is 0 Å². The molecule has 4 heteroatoms. The summed E-state index contributed by atoms with van der Waals surface area (Å²) < 4.78 is 3.30. The summed E-state index contributed by atoms with van der Waals surface area (Å²) in [4.78, 5) is 0. The Labute approximate surface area is 125 Å². The van der Waals surface area contributed by atoms with Crippen molar-refractivity contribution in [2.24, 2.45) is 13.0 Å². The van der Waals surface area contributed by atoms with Crippen LogP contribution in [0.25, 0.3) is 0 Å². The molecule has 1 aromatic rings. The van der Waals surface area contributed by atoms with Gasteiger partial charge >= 0.3 is 0 Å². The molecule has 1 aliphatic carbocycles. The lowest BCUT2D eigenvalue weighted by atomic mass is 9.97. The number of nitrogens with one attached hydrogen (secondary N) is 1. The number of halogens is 1. The van der Waals surface area contributed by atoms with Crippen LogP contribution < -0.4 is 5.32 Å². The average Bonchev–Trinajstić information content (AvgIpc) is 2.95. The maximum Gasteiger partial charge on any atom is 0.0766 e. The van der Waals surface area contributed by atoms with Gasteiger partial charge in [-0.15, -0.1) is 0 Å². The minimum Gasteiger partial charge on any atom is -0.314 e. The fourth-order valence-corrected chi connectivity index (χ4v) is 3.95. The third kappa shape index (κ3) is 3.40. The van der Waals surface area contributed by atoms with Gasteiger partial charge in [0.2, 0.25) is 0 Å². The van der Waals surface area contributed by atoms with E-state index in [1.54, 1.807) is 0 Å². The summed E-state index contributed by atoms with van der Waals surface area (Å²) in [6, 6.07) is 0.701. The van der Waals surface area contributed by atoms with Crippen molar-refractivity contribution < 1.29 is 0 Å². The van der Waals surface area contributed by atoms with Crippen LogP contribution in [0.2, 0.25) is 0 Å². The van der Waals surface area contributed by atoms with Crippen molar-refractivity contribution in [3.63, 3.8) is 0 Å². The quantitative estimate of drug-likeness (QED) is 0.867. The summed E-state index contributed by atoms with van der Waals surface area (Å²) in [6.07, 6.45) is 7.41. The highest BCUT2D eigenvalue weighted by atomic mass is 79.9. The summed E-state index contributed by atoms with van der Waals surface area (Å²) in [5.74, 6) is 0.767. The smallest absolute Gasteiger partial charge is 0.0766 e. The number of aryl methyl sites for hydroxylation is 2. The Morgan fingerprint density at radius 1 is 1.37 bits per heavy atom. The second kappa shape index (κ2) is 6.89. The van der Waals surface area contributed by atoms with Gasteiger partial charge in [-0.3, -0.25) is 4.68 Å². The molecule has 0 amide bonds. The third-order valence-electron chi connectivity index (χ3n) is 4.27. The minimum atomic E-state index is 0.701. The molecule has 108 valence electrons. The first-order valence-electron chi connectivity index (χ1n) is 7.61. The topological polar surface area (TPSA) is 29.9 Å². The van der Waals surface area contributed by atoms with Crippen molar-refractivity contribution in [2.75, 3.05) is 6.54 Å². The van der Waals surface area contributed by atoms with Gasteiger partial charge in [0.25, 0.3) is 0 Å². The van der Waals surface area contributed by atoms with E-state index in [9.17, 15) is 0 Å². The van der Waals surface area contributed by atoms with E-state index in [1.165, 1.54) is 41.5 Å². The Kier molecular flexibility index (Phi) is 5.46. The Bertz CT molecular complexity index is 414. The molecule has 1 fully saturated rings. The zero-order chi connectivity index (χ0) is 13.8. The van der Waals surface area contributed by atoms with Crippen LogP contribution in [0.4, 0.5) is 0 Å². The molecule has 0 aromatic carbocycles. The van der Waals surface area contributed by atoms with Crippen LogP contribution in [0.3, 0.4) is 0 Å². The fourth-order valence-electron chi connectivity index (χ4n) is 3.17. The normalized spacial score (nSPS) is 23.2. The highest BCUT2D eigenvalue weighted by Gasteiger charge is 2.28. The van der Waals surface area contributed by atoms with Gasteiger partial charge in [-0.05, 0) is 60.5 Å². The fraction of sp³-hybridized carbons (Fsp3) is 0.800. The monoisotopic (exact) mass is 327 g/mol. The van der Waals surface area contributed by atoms with Crippen molar-refractivity contribution in [3.05, 3.63) is 15.9 Å². The molecule has 19 heavy (non-hydrogen) atoms. The molecule has 1 saturated carbocycles. The van der Waals surface area contributed by atoms with Crippen molar-refractivity contribution >= 4 is 15.9 Å². The van der Waals surface area contributed by atoms with Gasteiger partial charge in [0.1, 0.15) is 0 Å². The molecule has 1 aliphatic rings. The second-order valence-electron chi connectivity index (χ2n) is 5.64. The Balaban J connectivity index is 2.05. The highest BCUT2D eigenvalue weighted by Crippen LogP contribution is 2.32. The minimum absolute atomic E-state index is 0.701. The lowest BCUT2D eigenvalue weighted by molar-refractivity contribution is 0.391. The van der Waals surface area contributed by atoms with Crippen LogP contribution in [0, 0.1) is 5.92 Å². The summed E-state index contributed by atoms with van der Waals surface area (Å²) in [6.45, 7) is 5.55. The van der Waals surface area contributed by atoms with Crippen LogP contribution in [-0.4, -0.2) is 22.4 Å². The van der Waals surface area contributed by atoms with Gasteiger partial charge in [0.15, 0.2) is 0 Å². The molecule has 0 spiro atoms. The molecule has 1 aromatic heterocycles. The Morgan fingerprint density at radius 3 is 2.79 bits per heavy atom. The predicted octanol–water partition coefficient (Wildman–Crippen LogP) is 3.46. The first kappa shape index (κ1) is 15.0. The van der Waals surface area contributed by atoms with Gasteiger partial charge in [-0.2, -0.15) is 5.10 Å². The van der Waals surface area contributed by atoms with E-state index >= 15 is 0 Å². The zero-order valence-corrected chi connectivity index (χ0v) is 14.0. The van der Waals surface area contributed by atoms with Crippen molar-refractivity contribution in [1.82, 2.24) is 15.1 Å². The van der Waals surface area contributed by atoms with E-state index < -0.39 is 0 Å². The van der Waals surface area contributed by atoms with Gasteiger partial charge < -0.3 is 5.32 Å². The van der Waals surface area contributed by atoms with E-state index in [-0.39, 0.29) is 0 Å². The summed E-state index contributed by atoms with van der Waals surface area (Å²) in [5.41, 5.74) is 2.56. The number of hydrogen-bond acceptors (Lipinski definition) is 2. The molecule has 1 heterocycles. The molecule has 2 unspecified atom stereocenters. The van der Waals surface area contributed by atoms with Crippen LogP contribution in [0.15, 0.2) is 4.47 Å². The van der Waals surface area contributed by atoms with Gasteiger partial charge in [0, 0.05) is 13.1 Å². The molecular weight excluding hydrogens is 302 g/mol. The highest BCUT2D eigenvalue weighted by molar-refractivity contribution is 9.10. The van der Waals surface area contributed by atoms with E-state index in [1.807, 2.05) is 0 Å². The predicted molar refractivity (Wildman–Crippen MR) is 83.4 cm³/mol. The first-order chi connectivity index (χ1) is 9.17. The molecule has 0 radical (unpaired) electrons. The van der Waals surface area contributed by atoms with Gasteiger partial charge in [-0.1, -0.05) is 20.3 Å². The summed E-state index contributed by atoms with van der Waals surface area (Å²) in [5, 5.41) is 8.32. The molecule has 2 rings (SSSR count). The van der Waals surface area contributed by atoms with Crippen molar-refractivity contribution in [1.29, 1.82) is 0 Å². The Hall–Kier alpha value is -0.350. The number of nitrogens with zero attached hydrogens (tertiary/aromatic N) is 2. The maximum absolute atomic E-state index is 4.61. The number of hydrogen-bond donors (Lipinski definition) is 1. The molecule has 0 saturated heterocycles. The van der Waals surface area contributed by atoms with Gasteiger partial charge in [0.05, 0.1) is 15.9 Å². The van der Waals surface area contributed by atoms with Gasteiger partial charge in [-0.25, -0.2) is 0 Å². The van der Waals surface area contributed by atoms with E-state index in [2.05, 4.69) is 51.9 Å². The molecular formula is C15H26BrN3. The molecule has 2 atom stereocenters. The van der Waals surface area contributed by atoms with Crippen LogP contribution >= 0.6 is 15.9 Å².